The summed E-state index contributed by atoms with van der Waals surface area (Å²) in [4.78, 5) is 0. The van der Waals surface area contributed by atoms with Crippen LogP contribution in [0.4, 0.5) is 0 Å². The molecule has 0 radical (unpaired) electrons. The standard InChI is InChI=1S/C13H19N3OS/c1-3-4-9-14-13(18)16-15-10-11-5-7-12(17-2)8-6-11/h5-8,10H,3-4,9H2,1-2H3,(H2,14,16,18)/b15-10-. The molecule has 1 aromatic rings. The van der Waals surface area contributed by atoms with E-state index in [-0.39, 0.29) is 0 Å². The first-order valence-electron chi connectivity index (χ1n) is 5.97. The fraction of sp³-hybridized carbons (Fsp3) is 0.385. The van der Waals surface area contributed by atoms with Gasteiger partial charge in [0.05, 0.1) is 13.3 Å². The van der Waals surface area contributed by atoms with Crippen LogP contribution in [-0.4, -0.2) is 25.0 Å². The van der Waals surface area contributed by atoms with Crippen LogP contribution in [0.2, 0.25) is 0 Å². The molecule has 0 unspecified atom stereocenters. The summed E-state index contributed by atoms with van der Waals surface area (Å²) in [6.07, 6.45) is 3.96. The van der Waals surface area contributed by atoms with Gasteiger partial charge < -0.3 is 10.1 Å². The van der Waals surface area contributed by atoms with E-state index in [1.165, 1.54) is 0 Å². The Morgan fingerprint density at radius 2 is 2.11 bits per heavy atom. The molecule has 1 aromatic carbocycles. The second kappa shape index (κ2) is 8.47. The Morgan fingerprint density at radius 1 is 1.39 bits per heavy atom. The number of ether oxygens (including phenoxy) is 1. The quantitative estimate of drug-likeness (QED) is 0.358. The van der Waals surface area contributed by atoms with Crippen LogP contribution in [0.25, 0.3) is 0 Å². The summed E-state index contributed by atoms with van der Waals surface area (Å²) in [6.45, 7) is 3.01. The van der Waals surface area contributed by atoms with Gasteiger partial charge in [0.15, 0.2) is 5.11 Å². The van der Waals surface area contributed by atoms with E-state index >= 15 is 0 Å². The third-order valence-corrected chi connectivity index (χ3v) is 2.55. The van der Waals surface area contributed by atoms with Crippen LogP contribution < -0.4 is 15.5 Å². The molecule has 0 saturated heterocycles. The number of hydrazone groups is 1. The van der Waals surface area contributed by atoms with Gasteiger partial charge in [-0.2, -0.15) is 5.10 Å². The molecule has 0 bridgehead atoms. The molecule has 0 aliphatic heterocycles. The van der Waals surface area contributed by atoms with Crippen LogP contribution in [0.5, 0.6) is 5.75 Å². The fourth-order valence-corrected chi connectivity index (χ4v) is 1.43. The molecule has 98 valence electrons. The van der Waals surface area contributed by atoms with Crippen LogP contribution in [0.3, 0.4) is 0 Å². The van der Waals surface area contributed by atoms with Crippen LogP contribution in [0.1, 0.15) is 25.3 Å². The third-order valence-electron chi connectivity index (χ3n) is 2.31. The van der Waals surface area contributed by atoms with Crippen molar-refractivity contribution in [1.82, 2.24) is 10.7 Å². The van der Waals surface area contributed by atoms with Crippen LogP contribution in [0, 0.1) is 0 Å². The van der Waals surface area contributed by atoms with E-state index < -0.39 is 0 Å². The number of nitrogens with one attached hydrogen (secondary N) is 2. The lowest BCUT2D eigenvalue weighted by Gasteiger charge is -2.05. The van der Waals surface area contributed by atoms with Crippen LogP contribution in [0.15, 0.2) is 29.4 Å². The van der Waals surface area contributed by atoms with Crippen LogP contribution >= 0.6 is 12.2 Å². The molecule has 18 heavy (non-hydrogen) atoms. The molecule has 2 N–H and O–H groups in total. The Morgan fingerprint density at radius 3 is 2.72 bits per heavy atom. The Kier molecular flexibility index (Phi) is 6.79. The molecular formula is C13H19N3OS. The van der Waals surface area contributed by atoms with E-state index in [4.69, 9.17) is 17.0 Å². The van der Waals surface area contributed by atoms with Crippen molar-refractivity contribution >= 4 is 23.5 Å². The van der Waals surface area contributed by atoms with Crippen molar-refractivity contribution in [2.75, 3.05) is 13.7 Å². The lowest BCUT2D eigenvalue weighted by Crippen LogP contribution is -2.32. The molecule has 4 nitrogen and oxygen atoms in total. The number of benzene rings is 1. The molecule has 0 spiro atoms. The van der Waals surface area contributed by atoms with Gasteiger partial charge in [-0.25, -0.2) is 0 Å². The maximum Gasteiger partial charge on any atom is 0.186 e. The van der Waals surface area contributed by atoms with Gasteiger partial charge in [0.2, 0.25) is 0 Å². The zero-order chi connectivity index (χ0) is 13.2. The number of thiocarbonyl (C=S) groups is 1. The van der Waals surface area contributed by atoms with E-state index in [1.54, 1.807) is 13.3 Å². The highest BCUT2D eigenvalue weighted by Crippen LogP contribution is 2.09. The average molecular weight is 265 g/mol. The highest BCUT2D eigenvalue weighted by Gasteiger charge is 1.92. The Hall–Kier alpha value is -1.62. The molecule has 0 atom stereocenters. The van der Waals surface area contributed by atoms with E-state index in [0.717, 1.165) is 30.7 Å². The van der Waals surface area contributed by atoms with Crippen molar-refractivity contribution in [3.8, 4) is 5.75 Å². The van der Waals surface area contributed by atoms with Gasteiger partial charge in [0.1, 0.15) is 5.75 Å². The summed E-state index contributed by atoms with van der Waals surface area (Å²) in [5.41, 5.74) is 3.76. The minimum absolute atomic E-state index is 0.549. The first-order chi connectivity index (χ1) is 8.76. The normalized spacial score (nSPS) is 10.3. The first kappa shape index (κ1) is 14.4. The highest BCUT2D eigenvalue weighted by molar-refractivity contribution is 7.80. The minimum atomic E-state index is 0.549. The van der Waals surface area contributed by atoms with Gasteiger partial charge in [-0.3, -0.25) is 5.43 Å². The highest BCUT2D eigenvalue weighted by atomic mass is 32.1. The summed E-state index contributed by atoms with van der Waals surface area (Å²) < 4.78 is 5.08. The average Bonchev–Trinajstić information content (AvgIpc) is 2.40. The van der Waals surface area contributed by atoms with Crippen molar-refractivity contribution in [2.24, 2.45) is 5.10 Å². The van der Waals surface area contributed by atoms with E-state index in [2.05, 4.69) is 22.8 Å². The van der Waals surface area contributed by atoms with Crippen LogP contribution in [-0.2, 0) is 0 Å². The molecule has 0 heterocycles. The molecule has 5 heteroatoms. The van der Waals surface area contributed by atoms with Gasteiger partial charge in [-0.15, -0.1) is 0 Å². The molecule has 1 rings (SSSR count). The monoisotopic (exact) mass is 265 g/mol. The van der Waals surface area contributed by atoms with Crippen molar-refractivity contribution in [1.29, 1.82) is 0 Å². The molecule has 0 amide bonds. The number of rotatable bonds is 6. The van der Waals surface area contributed by atoms with Crippen molar-refractivity contribution in [3.05, 3.63) is 29.8 Å². The summed E-state index contributed by atoms with van der Waals surface area (Å²) in [5, 5.41) is 7.68. The molecule has 0 aliphatic carbocycles. The molecule has 0 aliphatic rings. The third kappa shape index (κ3) is 5.63. The van der Waals surface area contributed by atoms with Crippen molar-refractivity contribution in [2.45, 2.75) is 19.8 Å². The van der Waals surface area contributed by atoms with E-state index in [1.807, 2.05) is 24.3 Å². The largest absolute Gasteiger partial charge is 0.497 e. The Bertz CT molecular complexity index is 390. The number of unbranched alkanes of at least 4 members (excludes halogenated alkanes) is 1. The number of methoxy groups -OCH3 is 1. The Labute approximate surface area is 113 Å². The van der Waals surface area contributed by atoms with E-state index in [0.29, 0.717) is 5.11 Å². The van der Waals surface area contributed by atoms with E-state index in [9.17, 15) is 0 Å². The number of nitrogens with zero attached hydrogens (tertiary/aromatic N) is 1. The summed E-state index contributed by atoms with van der Waals surface area (Å²) in [7, 11) is 1.64. The SMILES string of the molecule is CCCCNC(=S)N/N=C\c1ccc(OC)cc1. The number of hydrogen-bond donors (Lipinski definition) is 2. The van der Waals surface area contributed by atoms with Gasteiger partial charge in [-0.1, -0.05) is 13.3 Å². The molecular weight excluding hydrogens is 246 g/mol. The number of hydrogen-bond acceptors (Lipinski definition) is 3. The van der Waals surface area contributed by atoms with Gasteiger partial charge in [0.25, 0.3) is 0 Å². The summed E-state index contributed by atoms with van der Waals surface area (Å²) >= 11 is 5.07. The smallest absolute Gasteiger partial charge is 0.186 e. The van der Waals surface area contributed by atoms with Gasteiger partial charge in [-0.05, 0) is 48.5 Å². The summed E-state index contributed by atoms with van der Waals surface area (Å²) in [5.74, 6) is 0.830. The predicted molar refractivity (Wildman–Crippen MR) is 79.2 cm³/mol. The minimum Gasteiger partial charge on any atom is -0.497 e. The Balaban J connectivity index is 2.32. The topological polar surface area (TPSA) is 45.7 Å². The second-order valence-electron chi connectivity index (χ2n) is 3.75. The second-order valence-corrected chi connectivity index (χ2v) is 4.16. The maximum absolute atomic E-state index is 5.08. The zero-order valence-corrected chi connectivity index (χ0v) is 11.6. The van der Waals surface area contributed by atoms with Gasteiger partial charge in [0, 0.05) is 6.54 Å². The van der Waals surface area contributed by atoms with Crippen molar-refractivity contribution < 1.29 is 4.74 Å². The molecule has 0 aromatic heterocycles. The maximum atomic E-state index is 5.08. The van der Waals surface area contributed by atoms with Crippen molar-refractivity contribution in [3.63, 3.8) is 0 Å². The lowest BCUT2D eigenvalue weighted by atomic mass is 10.2. The first-order valence-corrected chi connectivity index (χ1v) is 6.38. The fourth-order valence-electron chi connectivity index (χ4n) is 1.27. The molecule has 0 fully saturated rings. The molecule has 0 saturated carbocycles. The zero-order valence-electron chi connectivity index (χ0n) is 10.8. The predicted octanol–water partition coefficient (Wildman–Crippen LogP) is 2.29. The van der Waals surface area contributed by atoms with Gasteiger partial charge >= 0.3 is 0 Å². The lowest BCUT2D eigenvalue weighted by molar-refractivity contribution is 0.415. The summed E-state index contributed by atoms with van der Waals surface area (Å²) in [6, 6.07) is 7.63.